The number of ether oxygens (including phenoxy) is 1. The second-order valence-corrected chi connectivity index (χ2v) is 6.02. The first-order chi connectivity index (χ1) is 8.80. The van der Waals surface area contributed by atoms with Gasteiger partial charge in [-0.3, -0.25) is 4.79 Å². The number of carbonyl (C=O) groups is 1. The van der Waals surface area contributed by atoms with Crippen LogP contribution in [0, 0.1) is 6.92 Å². The molecule has 0 fully saturated rings. The quantitative estimate of drug-likeness (QED) is 0.906. The summed E-state index contributed by atoms with van der Waals surface area (Å²) in [6, 6.07) is 4.14. The van der Waals surface area contributed by atoms with Crippen LogP contribution in [-0.4, -0.2) is 23.5 Å². The lowest BCUT2D eigenvalue weighted by molar-refractivity contribution is -0.132. The molecule has 1 aliphatic heterocycles. The van der Waals surface area contributed by atoms with Crippen LogP contribution in [0.3, 0.4) is 0 Å². The van der Waals surface area contributed by atoms with Crippen LogP contribution < -0.4 is 10.5 Å². The van der Waals surface area contributed by atoms with Gasteiger partial charge in [0.25, 0.3) is 0 Å². The van der Waals surface area contributed by atoms with Gasteiger partial charge < -0.3 is 15.4 Å². The van der Waals surface area contributed by atoms with E-state index in [-0.39, 0.29) is 5.91 Å². The van der Waals surface area contributed by atoms with Gasteiger partial charge in [-0.25, -0.2) is 0 Å². The van der Waals surface area contributed by atoms with Crippen molar-refractivity contribution in [3.05, 3.63) is 28.8 Å². The summed E-state index contributed by atoms with van der Waals surface area (Å²) in [4.78, 5) is 14.1. The van der Waals surface area contributed by atoms with Crippen LogP contribution in [0.4, 0.5) is 0 Å². The number of rotatable bonds is 3. The van der Waals surface area contributed by atoms with Gasteiger partial charge in [0.15, 0.2) is 0 Å². The molecule has 0 spiro atoms. The predicted octanol–water partition coefficient (Wildman–Crippen LogP) is 1.97. The van der Waals surface area contributed by atoms with E-state index in [1.54, 1.807) is 7.11 Å². The second-order valence-electron chi connectivity index (χ2n) is 6.02. The first-order valence-corrected chi connectivity index (χ1v) is 6.53. The third kappa shape index (κ3) is 3.07. The molecule has 4 heteroatoms. The highest BCUT2D eigenvalue weighted by molar-refractivity contribution is 5.78. The Morgan fingerprint density at radius 1 is 1.42 bits per heavy atom. The van der Waals surface area contributed by atoms with Gasteiger partial charge in [0.05, 0.1) is 7.11 Å². The van der Waals surface area contributed by atoms with Crippen LogP contribution in [0.25, 0.3) is 0 Å². The molecule has 1 aromatic rings. The van der Waals surface area contributed by atoms with Crippen LogP contribution in [0.15, 0.2) is 12.1 Å². The molecule has 1 heterocycles. The van der Waals surface area contributed by atoms with Crippen molar-refractivity contribution in [2.75, 3.05) is 7.11 Å². The third-order valence-corrected chi connectivity index (χ3v) is 3.34. The minimum atomic E-state index is -0.466. The molecule has 104 valence electrons. The maximum atomic E-state index is 12.2. The lowest BCUT2D eigenvalue weighted by atomic mass is 10.0. The molecule has 2 N–H and O–H groups in total. The minimum Gasteiger partial charge on any atom is -0.496 e. The lowest BCUT2D eigenvalue weighted by Gasteiger charge is -2.22. The van der Waals surface area contributed by atoms with Crippen molar-refractivity contribution in [2.24, 2.45) is 5.73 Å². The van der Waals surface area contributed by atoms with Crippen molar-refractivity contribution in [3.8, 4) is 5.75 Å². The maximum absolute atomic E-state index is 12.2. The Morgan fingerprint density at radius 2 is 2.11 bits per heavy atom. The number of aryl methyl sites for hydroxylation is 1. The van der Waals surface area contributed by atoms with Gasteiger partial charge in [0, 0.05) is 30.6 Å². The van der Waals surface area contributed by atoms with E-state index in [9.17, 15) is 4.79 Å². The summed E-state index contributed by atoms with van der Waals surface area (Å²) in [5.41, 5.74) is 8.91. The van der Waals surface area contributed by atoms with E-state index < -0.39 is 5.54 Å². The highest BCUT2D eigenvalue weighted by Crippen LogP contribution is 2.32. The first kappa shape index (κ1) is 13.9. The minimum absolute atomic E-state index is 0.100. The zero-order valence-corrected chi connectivity index (χ0v) is 12.1. The zero-order valence-electron chi connectivity index (χ0n) is 12.1. The number of amides is 1. The van der Waals surface area contributed by atoms with Crippen LogP contribution in [0.2, 0.25) is 0 Å². The van der Waals surface area contributed by atoms with E-state index in [0.29, 0.717) is 19.5 Å². The van der Waals surface area contributed by atoms with Gasteiger partial charge in [-0.15, -0.1) is 0 Å². The summed E-state index contributed by atoms with van der Waals surface area (Å²) in [7, 11) is 1.67. The molecule has 0 saturated heterocycles. The van der Waals surface area contributed by atoms with Crippen LogP contribution in [-0.2, 0) is 17.9 Å². The fourth-order valence-corrected chi connectivity index (χ4v) is 2.49. The number of nitrogens with zero attached hydrogens (tertiary/aromatic N) is 1. The average molecular weight is 262 g/mol. The van der Waals surface area contributed by atoms with E-state index in [1.807, 2.05) is 31.7 Å². The molecule has 0 aromatic heterocycles. The Morgan fingerprint density at radius 3 is 2.68 bits per heavy atom. The number of benzene rings is 1. The SMILES string of the molecule is COc1cc(C)cc2c1CN(C(=O)CC(C)(C)N)C2. The number of carbonyl (C=O) groups excluding carboxylic acids is 1. The Hall–Kier alpha value is -1.55. The standard InChI is InChI=1S/C15H22N2O2/c1-10-5-11-8-17(14(18)7-15(2,3)16)9-12(11)13(6-10)19-4/h5-6H,7-9,16H2,1-4H3. The van der Waals surface area contributed by atoms with Crippen LogP contribution in [0.1, 0.15) is 37.0 Å². The Labute approximate surface area is 114 Å². The molecule has 0 bridgehead atoms. The molecule has 1 amide bonds. The summed E-state index contributed by atoms with van der Waals surface area (Å²) in [5, 5.41) is 0. The van der Waals surface area contributed by atoms with Crippen molar-refractivity contribution in [3.63, 3.8) is 0 Å². The highest BCUT2D eigenvalue weighted by Gasteiger charge is 2.28. The first-order valence-electron chi connectivity index (χ1n) is 6.53. The van der Waals surface area contributed by atoms with Crippen molar-refractivity contribution in [1.29, 1.82) is 0 Å². The largest absolute Gasteiger partial charge is 0.496 e. The molecule has 1 aromatic carbocycles. The zero-order chi connectivity index (χ0) is 14.2. The van der Waals surface area contributed by atoms with Crippen molar-refractivity contribution in [1.82, 2.24) is 4.90 Å². The monoisotopic (exact) mass is 262 g/mol. The van der Waals surface area contributed by atoms with Gasteiger partial charge in [0.2, 0.25) is 5.91 Å². The van der Waals surface area contributed by atoms with Crippen LogP contribution >= 0.6 is 0 Å². The van der Waals surface area contributed by atoms with Gasteiger partial charge in [-0.1, -0.05) is 6.07 Å². The molecule has 1 aliphatic rings. The molecule has 0 radical (unpaired) electrons. The smallest absolute Gasteiger partial charge is 0.225 e. The number of methoxy groups -OCH3 is 1. The summed E-state index contributed by atoms with van der Waals surface area (Å²) >= 11 is 0. The summed E-state index contributed by atoms with van der Waals surface area (Å²) in [6.07, 6.45) is 0.363. The van der Waals surface area contributed by atoms with Crippen molar-refractivity contribution in [2.45, 2.75) is 45.8 Å². The fraction of sp³-hybridized carbons (Fsp3) is 0.533. The molecule has 0 saturated carbocycles. The Balaban J connectivity index is 2.18. The normalized spacial score (nSPS) is 14.5. The Kier molecular flexibility index (Phi) is 3.54. The second kappa shape index (κ2) is 4.85. The third-order valence-electron chi connectivity index (χ3n) is 3.34. The molecule has 0 unspecified atom stereocenters. The molecule has 4 nitrogen and oxygen atoms in total. The van der Waals surface area contributed by atoms with Gasteiger partial charge in [-0.05, 0) is 38.0 Å². The number of hydrogen-bond acceptors (Lipinski definition) is 3. The number of fused-ring (bicyclic) bond motifs is 1. The van der Waals surface area contributed by atoms with Gasteiger partial charge >= 0.3 is 0 Å². The fourth-order valence-electron chi connectivity index (χ4n) is 2.49. The number of hydrogen-bond donors (Lipinski definition) is 1. The summed E-state index contributed by atoms with van der Waals surface area (Å²) in [6.45, 7) is 7.06. The summed E-state index contributed by atoms with van der Waals surface area (Å²) < 4.78 is 5.40. The van der Waals surface area contributed by atoms with E-state index in [4.69, 9.17) is 10.5 Å². The lowest BCUT2D eigenvalue weighted by Crippen LogP contribution is -2.39. The highest BCUT2D eigenvalue weighted by atomic mass is 16.5. The molecule has 2 rings (SSSR count). The van der Waals surface area contributed by atoms with Gasteiger partial charge in [0.1, 0.15) is 5.75 Å². The van der Waals surface area contributed by atoms with Crippen molar-refractivity contribution < 1.29 is 9.53 Å². The maximum Gasteiger partial charge on any atom is 0.225 e. The summed E-state index contributed by atoms with van der Waals surface area (Å²) in [5.74, 6) is 0.973. The number of nitrogens with two attached hydrogens (primary N) is 1. The van der Waals surface area contributed by atoms with E-state index in [1.165, 1.54) is 5.56 Å². The van der Waals surface area contributed by atoms with Gasteiger partial charge in [-0.2, -0.15) is 0 Å². The molecular formula is C15H22N2O2. The van der Waals surface area contributed by atoms with Crippen molar-refractivity contribution >= 4 is 5.91 Å². The van der Waals surface area contributed by atoms with Crippen LogP contribution in [0.5, 0.6) is 5.75 Å². The predicted molar refractivity (Wildman–Crippen MR) is 74.9 cm³/mol. The van der Waals surface area contributed by atoms with E-state index in [0.717, 1.165) is 16.9 Å². The van der Waals surface area contributed by atoms with E-state index >= 15 is 0 Å². The topological polar surface area (TPSA) is 55.6 Å². The molecular weight excluding hydrogens is 240 g/mol. The molecule has 19 heavy (non-hydrogen) atoms. The molecule has 0 aliphatic carbocycles. The molecule has 0 atom stereocenters. The Bertz CT molecular complexity index is 504. The average Bonchev–Trinajstić information content (AvgIpc) is 2.69. The van der Waals surface area contributed by atoms with E-state index in [2.05, 4.69) is 6.07 Å².